The number of benzene rings is 1. The van der Waals surface area contributed by atoms with E-state index in [2.05, 4.69) is 20.7 Å². The van der Waals surface area contributed by atoms with Crippen molar-refractivity contribution in [3.63, 3.8) is 0 Å². The first-order valence-corrected chi connectivity index (χ1v) is 4.10. The number of anilines is 1. The average molecular weight is 274 g/mol. The van der Waals surface area contributed by atoms with Crippen molar-refractivity contribution in [1.29, 1.82) is 0 Å². The summed E-state index contributed by atoms with van der Waals surface area (Å²) in [6, 6.07) is 2.01. The highest BCUT2D eigenvalue weighted by atomic mass is 79.9. The van der Waals surface area contributed by atoms with E-state index in [4.69, 9.17) is 5.73 Å². The monoisotopic (exact) mass is 273 g/mol. The molecule has 0 saturated carbocycles. The fraction of sp³-hybridized carbons (Fsp3) is 0.143. The van der Waals surface area contributed by atoms with Crippen molar-refractivity contribution in [3.8, 4) is 5.75 Å². The third-order valence-corrected chi connectivity index (χ3v) is 2.00. The standard InChI is InChI=1S/C7H4BrF4NO/c8-3-1-2-4(9)6(5(3)13)14-7(10,11)12/h1-2H,13H2. The van der Waals surface area contributed by atoms with Crippen molar-refractivity contribution in [3.05, 3.63) is 22.4 Å². The molecule has 14 heavy (non-hydrogen) atoms. The second-order valence-corrected chi connectivity index (χ2v) is 3.17. The maximum atomic E-state index is 12.8. The molecule has 7 heteroatoms. The van der Waals surface area contributed by atoms with Crippen LogP contribution in [0.5, 0.6) is 5.75 Å². The van der Waals surface area contributed by atoms with Crippen molar-refractivity contribution in [2.75, 3.05) is 5.73 Å². The Bertz CT molecular complexity index is 352. The molecule has 1 aromatic carbocycles. The molecule has 0 bridgehead atoms. The summed E-state index contributed by atoms with van der Waals surface area (Å²) in [6.45, 7) is 0. The second kappa shape index (κ2) is 3.64. The van der Waals surface area contributed by atoms with Gasteiger partial charge in [-0.25, -0.2) is 4.39 Å². The van der Waals surface area contributed by atoms with Gasteiger partial charge in [-0.15, -0.1) is 13.2 Å². The van der Waals surface area contributed by atoms with E-state index in [0.717, 1.165) is 6.07 Å². The molecule has 1 rings (SSSR count). The Kier molecular flexibility index (Phi) is 2.89. The Morgan fingerprint density at radius 1 is 1.29 bits per heavy atom. The predicted octanol–water partition coefficient (Wildman–Crippen LogP) is 3.07. The maximum absolute atomic E-state index is 12.8. The summed E-state index contributed by atoms with van der Waals surface area (Å²) < 4.78 is 51.7. The van der Waals surface area contributed by atoms with Crippen LogP contribution in [0.4, 0.5) is 23.2 Å². The van der Waals surface area contributed by atoms with Crippen molar-refractivity contribution in [2.24, 2.45) is 0 Å². The molecule has 0 saturated heterocycles. The Balaban J connectivity index is 3.13. The third kappa shape index (κ3) is 2.50. The van der Waals surface area contributed by atoms with Crippen molar-refractivity contribution >= 4 is 21.6 Å². The van der Waals surface area contributed by atoms with E-state index >= 15 is 0 Å². The first-order valence-electron chi connectivity index (χ1n) is 3.30. The second-order valence-electron chi connectivity index (χ2n) is 2.32. The van der Waals surface area contributed by atoms with Gasteiger partial charge in [-0.2, -0.15) is 0 Å². The minimum atomic E-state index is -4.96. The molecular formula is C7H4BrF4NO. The van der Waals surface area contributed by atoms with Gasteiger partial charge in [0.05, 0.1) is 5.69 Å². The number of rotatable bonds is 1. The van der Waals surface area contributed by atoms with E-state index in [-0.39, 0.29) is 4.47 Å². The molecule has 0 amide bonds. The van der Waals surface area contributed by atoms with E-state index < -0.39 is 23.6 Å². The summed E-state index contributed by atoms with van der Waals surface area (Å²) in [4.78, 5) is 0. The van der Waals surface area contributed by atoms with Crippen LogP contribution < -0.4 is 10.5 Å². The van der Waals surface area contributed by atoms with Crippen LogP contribution in [-0.2, 0) is 0 Å². The van der Waals surface area contributed by atoms with Gasteiger partial charge in [0.1, 0.15) is 0 Å². The molecule has 1 aromatic rings. The van der Waals surface area contributed by atoms with Crippen LogP contribution in [0, 0.1) is 5.82 Å². The lowest BCUT2D eigenvalue weighted by Crippen LogP contribution is -2.19. The van der Waals surface area contributed by atoms with E-state index in [0.29, 0.717) is 0 Å². The summed E-state index contributed by atoms with van der Waals surface area (Å²) in [5.41, 5.74) is 4.75. The lowest BCUT2D eigenvalue weighted by molar-refractivity contribution is -0.275. The SMILES string of the molecule is Nc1c(Br)ccc(F)c1OC(F)(F)F. The largest absolute Gasteiger partial charge is 0.573 e. The first kappa shape index (κ1) is 11.1. The van der Waals surface area contributed by atoms with Crippen LogP contribution in [0.1, 0.15) is 0 Å². The Morgan fingerprint density at radius 3 is 2.36 bits per heavy atom. The minimum absolute atomic E-state index is 0.137. The zero-order valence-corrected chi connectivity index (χ0v) is 8.12. The highest BCUT2D eigenvalue weighted by Gasteiger charge is 2.33. The molecular weight excluding hydrogens is 270 g/mol. The number of hydrogen-bond donors (Lipinski definition) is 1. The summed E-state index contributed by atoms with van der Waals surface area (Å²) >= 11 is 2.85. The molecule has 2 N–H and O–H groups in total. The Morgan fingerprint density at radius 2 is 1.86 bits per heavy atom. The maximum Gasteiger partial charge on any atom is 0.573 e. The first-order chi connectivity index (χ1) is 6.31. The highest BCUT2D eigenvalue weighted by Crippen LogP contribution is 2.35. The van der Waals surface area contributed by atoms with E-state index in [1.807, 2.05) is 0 Å². The van der Waals surface area contributed by atoms with Gasteiger partial charge in [0.2, 0.25) is 0 Å². The van der Waals surface area contributed by atoms with Gasteiger partial charge >= 0.3 is 6.36 Å². The molecule has 0 spiro atoms. The van der Waals surface area contributed by atoms with Gasteiger partial charge in [0.15, 0.2) is 11.6 Å². The smallest absolute Gasteiger partial charge is 0.400 e. The third-order valence-electron chi connectivity index (χ3n) is 1.31. The quantitative estimate of drug-likeness (QED) is 0.631. The van der Waals surface area contributed by atoms with Crippen LogP contribution in [-0.4, -0.2) is 6.36 Å². The number of hydrogen-bond acceptors (Lipinski definition) is 2. The number of ether oxygens (including phenoxy) is 1. The van der Waals surface area contributed by atoms with Gasteiger partial charge in [-0.3, -0.25) is 0 Å². The molecule has 0 aliphatic carbocycles. The molecule has 0 aliphatic heterocycles. The summed E-state index contributed by atoms with van der Waals surface area (Å²) in [7, 11) is 0. The number of alkyl halides is 3. The number of nitrogens with two attached hydrogens (primary N) is 1. The number of nitrogen functional groups attached to an aromatic ring is 1. The fourth-order valence-corrected chi connectivity index (χ4v) is 1.08. The molecule has 78 valence electrons. The molecule has 0 atom stereocenters. The molecule has 0 radical (unpaired) electrons. The van der Waals surface area contributed by atoms with E-state index in [1.165, 1.54) is 6.07 Å². The topological polar surface area (TPSA) is 35.2 Å². The zero-order chi connectivity index (χ0) is 10.9. The van der Waals surface area contributed by atoms with Crippen molar-refractivity contribution < 1.29 is 22.3 Å². The Hall–Kier alpha value is -0.980. The summed E-state index contributed by atoms with van der Waals surface area (Å²) in [5, 5.41) is 0. The van der Waals surface area contributed by atoms with Crippen molar-refractivity contribution in [1.82, 2.24) is 0 Å². The van der Waals surface area contributed by atoms with Gasteiger partial charge in [0.25, 0.3) is 0 Å². The molecule has 0 aliphatic rings. The molecule has 0 fully saturated rings. The summed E-state index contributed by atoms with van der Waals surface area (Å²) in [5.74, 6) is -2.19. The van der Waals surface area contributed by atoms with Crippen molar-refractivity contribution in [2.45, 2.75) is 6.36 Å². The molecule has 2 nitrogen and oxygen atoms in total. The normalized spacial score (nSPS) is 11.5. The van der Waals surface area contributed by atoms with E-state index in [9.17, 15) is 17.6 Å². The van der Waals surface area contributed by atoms with Gasteiger partial charge in [-0.05, 0) is 28.1 Å². The molecule has 0 heterocycles. The zero-order valence-electron chi connectivity index (χ0n) is 6.53. The van der Waals surface area contributed by atoms with Crippen LogP contribution in [0.3, 0.4) is 0 Å². The molecule has 0 aromatic heterocycles. The van der Waals surface area contributed by atoms with Crippen LogP contribution in [0.25, 0.3) is 0 Å². The van der Waals surface area contributed by atoms with Gasteiger partial charge in [-0.1, -0.05) is 0 Å². The minimum Gasteiger partial charge on any atom is -0.400 e. The van der Waals surface area contributed by atoms with Crippen LogP contribution in [0.15, 0.2) is 16.6 Å². The number of halogens is 5. The lowest BCUT2D eigenvalue weighted by atomic mass is 10.3. The van der Waals surface area contributed by atoms with Crippen LogP contribution in [0.2, 0.25) is 0 Å². The highest BCUT2D eigenvalue weighted by molar-refractivity contribution is 9.10. The predicted molar refractivity (Wildman–Crippen MR) is 45.2 cm³/mol. The molecule has 0 unspecified atom stereocenters. The van der Waals surface area contributed by atoms with E-state index in [1.54, 1.807) is 0 Å². The van der Waals surface area contributed by atoms with Crippen LogP contribution >= 0.6 is 15.9 Å². The average Bonchev–Trinajstić information content (AvgIpc) is 2.04. The fourth-order valence-electron chi connectivity index (χ4n) is 0.768. The lowest BCUT2D eigenvalue weighted by Gasteiger charge is -2.12. The van der Waals surface area contributed by atoms with Gasteiger partial charge in [0, 0.05) is 4.47 Å². The van der Waals surface area contributed by atoms with Gasteiger partial charge < -0.3 is 10.5 Å². The Labute approximate surface area is 84.8 Å². The summed E-state index contributed by atoms with van der Waals surface area (Å²) in [6.07, 6.45) is -4.96.